The first-order chi connectivity index (χ1) is 12.9. The van der Waals surface area contributed by atoms with Gasteiger partial charge < -0.3 is 20.5 Å². The molecule has 1 saturated heterocycles. The van der Waals surface area contributed by atoms with Crippen LogP contribution in [0.4, 0.5) is 5.69 Å². The number of ether oxygens (including phenoxy) is 2. The van der Waals surface area contributed by atoms with Gasteiger partial charge in [0.15, 0.2) is 0 Å². The van der Waals surface area contributed by atoms with Crippen molar-refractivity contribution in [3.63, 3.8) is 0 Å². The van der Waals surface area contributed by atoms with Crippen LogP contribution in [0.25, 0.3) is 0 Å². The second kappa shape index (κ2) is 8.62. The lowest BCUT2D eigenvalue weighted by atomic mass is 9.71. The van der Waals surface area contributed by atoms with Gasteiger partial charge in [-0.2, -0.15) is 0 Å². The molecule has 26 heavy (non-hydrogen) atoms. The standard InChI is InChI=1S/C22H34N2O2/c23-12-4-5-13-25-17-10-11-20-19(15-17)22-18(9-6-14-26-22)21(24-20)16-7-2-1-3-8-16/h10-11,15-16,18,21-22,24H,1-9,12-14,23H2/t18-,21?,22-/m0/s1. The van der Waals surface area contributed by atoms with Gasteiger partial charge in [0.05, 0.1) is 12.7 Å². The van der Waals surface area contributed by atoms with Crippen molar-refractivity contribution in [3.8, 4) is 5.75 Å². The first-order valence-electron chi connectivity index (χ1n) is 10.7. The average Bonchev–Trinajstić information content (AvgIpc) is 2.71. The van der Waals surface area contributed by atoms with Gasteiger partial charge in [-0.25, -0.2) is 0 Å². The maximum Gasteiger partial charge on any atom is 0.119 e. The summed E-state index contributed by atoms with van der Waals surface area (Å²) in [5, 5.41) is 3.92. The van der Waals surface area contributed by atoms with Gasteiger partial charge in [0.1, 0.15) is 5.75 Å². The topological polar surface area (TPSA) is 56.5 Å². The summed E-state index contributed by atoms with van der Waals surface area (Å²) in [6.07, 6.45) is 11.7. The normalized spacial score (nSPS) is 28.7. The van der Waals surface area contributed by atoms with Crippen LogP contribution in [0.5, 0.6) is 5.75 Å². The fourth-order valence-corrected chi connectivity index (χ4v) is 5.17. The van der Waals surface area contributed by atoms with E-state index in [1.807, 2.05) is 0 Å². The van der Waals surface area contributed by atoms with E-state index in [-0.39, 0.29) is 6.10 Å². The van der Waals surface area contributed by atoms with Crippen molar-refractivity contribution in [2.45, 2.75) is 69.9 Å². The minimum absolute atomic E-state index is 0.236. The van der Waals surface area contributed by atoms with Crippen LogP contribution in [-0.2, 0) is 4.74 Å². The summed E-state index contributed by atoms with van der Waals surface area (Å²) in [7, 11) is 0. The number of nitrogens with one attached hydrogen (secondary N) is 1. The van der Waals surface area contributed by atoms with Crippen LogP contribution < -0.4 is 15.8 Å². The molecule has 1 aromatic rings. The summed E-state index contributed by atoms with van der Waals surface area (Å²) >= 11 is 0. The lowest BCUT2D eigenvalue weighted by Gasteiger charge is -2.47. The van der Waals surface area contributed by atoms with E-state index in [1.54, 1.807) is 0 Å². The molecular formula is C22H34N2O2. The molecule has 4 nitrogen and oxygen atoms in total. The van der Waals surface area contributed by atoms with Crippen LogP contribution in [-0.4, -0.2) is 25.8 Å². The summed E-state index contributed by atoms with van der Waals surface area (Å²) in [5.74, 6) is 2.37. The second-order valence-corrected chi connectivity index (χ2v) is 8.26. The van der Waals surface area contributed by atoms with Gasteiger partial charge in [0, 0.05) is 29.8 Å². The van der Waals surface area contributed by atoms with E-state index in [0.29, 0.717) is 12.0 Å². The Hall–Kier alpha value is -1.26. The van der Waals surface area contributed by atoms with Gasteiger partial charge in [-0.15, -0.1) is 0 Å². The van der Waals surface area contributed by atoms with Crippen LogP contribution in [0, 0.1) is 11.8 Å². The molecule has 2 fully saturated rings. The first-order valence-corrected chi connectivity index (χ1v) is 10.7. The van der Waals surface area contributed by atoms with Gasteiger partial charge in [0.25, 0.3) is 0 Å². The quantitative estimate of drug-likeness (QED) is 0.727. The smallest absolute Gasteiger partial charge is 0.119 e. The summed E-state index contributed by atoms with van der Waals surface area (Å²) in [6, 6.07) is 7.10. The van der Waals surface area contributed by atoms with Crippen LogP contribution in [0.15, 0.2) is 18.2 Å². The average molecular weight is 359 g/mol. The SMILES string of the molecule is NCCCCOc1ccc2c(c1)[C@H]1OCCC[C@H]1C(C1CCCCC1)N2. The molecule has 1 aromatic carbocycles. The third-order valence-corrected chi connectivity index (χ3v) is 6.51. The van der Waals surface area contributed by atoms with E-state index in [9.17, 15) is 0 Å². The van der Waals surface area contributed by atoms with Crippen molar-refractivity contribution in [2.75, 3.05) is 25.1 Å². The zero-order valence-electron chi connectivity index (χ0n) is 15.9. The van der Waals surface area contributed by atoms with Gasteiger partial charge in [-0.1, -0.05) is 19.3 Å². The Morgan fingerprint density at radius 1 is 1.08 bits per heavy atom. The zero-order chi connectivity index (χ0) is 17.8. The summed E-state index contributed by atoms with van der Waals surface area (Å²) < 4.78 is 12.3. The molecule has 2 heterocycles. The third kappa shape index (κ3) is 3.86. The number of rotatable bonds is 6. The molecule has 144 valence electrons. The van der Waals surface area contributed by atoms with Gasteiger partial charge in [0.2, 0.25) is 0 Å². The maximum absolute atomic E-state index is 6.32. The Balaban J connectivity index is 1.52. The van der Waals surface area contributed by atoms with Crippen molar-refractivity contribution in [1.82, 2.24) is 0 Å². The van der Waals surface area contributed by atoms with Gasteiger partial charge in [-0.05, 0) is 69.2 Å². The van der Waals surface area contributed by atoms with Crippen molar-refractivity contribution < 1.29 is 9.47 Å². The molecule has 0 radical (unpaired) electrons. The van der Waals surface area contributed by atoms with E-state index in [1.165, 1.54) is 56.2 Å². The molecule has 1 saturated carbocycles. The Bertz CT molecular complexity index is 586. The molecule has 0 bridgehead atoms. The molecule has 1 unspecified atom stereocenters. The molecule has 0 amide bonds. The molecule has 0 aromatic heterocycles. The molecule has 0 spiro atoms. The summed E-state index contributed by atoms with van der Waals surface area (Å²) in [4.78, 5) is 0. The molecule has 4 heteroatoms. The number of anilines is 1. The lowest BCUT2D eigenvalue weighted by Crippen LogP contribution is -2.46. The second-order valence-electron chi connectivity index (χ2n) is 8.26. The van der Waals surface area contributed by atoms with Crippen molar-refractivity contribution >= 4 is 5.69 Å². The fraction of sp³-hybridized carbons (Fsp3) is 0.727. The highest BCUT2D eigenvalue weighted by Gasteiger charge is 2.42. The van der Waals surface area contributed by atoms with E-state index in [4.69, 9.17) is 15.2 Å². The molecule has 1 aliphatic carbocycles. The molecule has 2 aliphatic heterocycles. The van der Waals surface area contributed by atoms with Gasteiger partial charge in [-0.3, -0.25) is 0 Å². The maximum atomic E-state index is 6.32. The Labute approximate surface area is 157 Å². The van der Waals surface area contributed by atoms with Crippen LogP contribution in [0.2, 0.25) is 0 Å². The summed E-state index contributed by atoms with van der Waals surface area (Å²) in [5.41, 5.74) is 8.13. The van der Waals surface area contributed by atoms with Crippen LogP contribution >= 0.6 is 0 Å². The first kappa shape index (κ1) is 18.1. The number of hydrogen-bond donors (Lipinski definition) is 2. The number of unbranched alkanes of at least 4 members (excludes halogenated alkanes) is 1. The molecule has 4 rings (SSSR count). The van der Waals surface area contributed by atoms with E-state index in [2.05, 4.69) is 23.5 Å². The predicted octanol–water partition coefficient (Wildman–Crippen LogP) is 4.65. The Kier molecular flexibility index (Phi) is 6.01. The number of hydrogen-bond acceptors (Lipinski definition) is 4. The summed E-state index contributed by atoms with van der Waals surface area (Å²) in [6.45, 7) is 2.36. The van der Waals surface area contributed by atoms with Crippen LogP contribution in [0.1, 0.15) is 69.5 Å². The monoisotopic (exact) mass is 358 g/mol. The molecule has 3 aliphatic rings. The number of benzene rings is 1. The highest BCUT2D eigenvalue weighted by atomic mass is 16.5. The van der Waals surface area contributed by atoms with E-state index < -0.39 is 0 Å². The van der Waals surface area contributed by atoms with E-state index >= 15 is 0 Å². The number of fused-ring (bicyclic) bond motifs is 3. The van der Waals surface area contributed by atoms with Crippen molar-refractivity contribution in [2.24, 2.45) is 17.6 Å². The lowest BCUT2D eigenvalue weighted by molar-refractivity contribution is -0.0459. The van der Waals surface area contributed by atoms with Gasteiger partial charge >= 0.3 is 0 Å². The largest absolute Gasteiger partial charge is 0.494 e. The molecular weight excluding hydrogens is 324 g/mol. The molecule has 3 atom stereocenters. The third-order valence-electron chi connectivity index (χ3n) is 6.51. The Morgan fingerprint density at radius 2 is 1.96 bits per heavy atom. The van der Waals surface area contributed by atoms with Crippen molar-refractivity contribution in [3.05, 3.63) is 23.8 Å². The van der Waals surface area contributed by atoms with Crippen molar-refractivity contribution in [1.29, 1.82) is 0 Å². The fourth-order valence-electron chi connectivity index (χ4n) is 5.17. The van der Waals surface area contributed by atoms with Crippen LogP contribution in [0.3, 0.4) is 0 Å². The minimum Gasteiger partial charge on any atom is -0.494 e. The Morgan fingerprint density at radius 3 is 2.81 bits per heavy atom. The predicted molar refractivity (Wildman–Crippen MR) is 106 cm³/mol. The minimum atomic E-state index is 0.236. The van der Waals surface area contributed by atoms with E-state index in [0.717, 1.165) is 44.3 Å². The molecule has 3 N–H and O–H groups in total. The zero-order valence-corrected chi connectivity index (χ0v) is 15.9. The number of nitrogens with two attached hydrogens (primary N) is 1. The highest BCUT2D eigenvalue weighted by Crippen LogP contribution is 2.48. The highest BCUT2D eigenvalue weighted by molar-refractivity contribution is 5.58.